The zero-order chi connectivity index (χ0) is 30.7. The van der Waals surface area contributed by atoms with Gasteiger partial charge in [0, 0.05) is 60.5 Å². The van der Waals surface area contributed by atoms with Gasteiger partial charge < -0.3 is 20.4 Å². The Morgan fingerprint density at radius 2 is 0.826 bits per heavy atom. The molecule has 230 valence electrons. The van der Waals surface area contributed by atoms with E-state index >= 15 is 0 Å². The SMILES string of the molecule is c1ccc(C(Nc2cc(N3CCCC3)c3ccccc3n2)C(Nc2cc(N3CCCC3)c3ccccc3n2)c2ccccc2)cc1. The Kier molecular flexibility index (Phi) is 7.85. The molecule has 0 bridgehead atoms. The topological polar surface area (TPSA) is 56.3 Å². The Labute approximate surface area is 271 Å². The van der Waals surface area contributed by atoms with Crippen LogP contribution in [0.2, 0.25) is 0 Å². The first-order valence-electron chi connectivity index (χ1n) is 16.7. The number of benzene rings is 4. The van der Waals surface area contributed by atoms with Crippen LogP contribution in [0.3, 0.4) is 0 Å². The summed E-state index contributed by atoms with van der Waals surface area (Å²) in [6.45, 7) is 4.32. The summed E-state index contributed by atoms with van der Waals surface area (Å²) in [4.78, 5) is 15.4. The molecule has 6 nitrogen and oxygen atoms in total. The molecule has 46 heavy (non-hydrogen) atoms. The van der Waals surface area contributed by atoms with E-state index in [2.05, 4.69) is 142 Å². The molecule has 0 radical (unpaired) electrons. The lowest BCUT2D eigenvalue weighted by Gasteiger charge is -2.32. The molecule has 6 heteroatoms. The number of nitrogens with zero attached hydrogens (tertiary/aromatic N) is 4. The average molecular weight is 605 g/mol. The second-order valence-corrected chi connectivity index (χ2v) is 12.5. The van der Waals surface area contributed by atoms with E-state index in [4.69, 9.17) is 9.97 Å². The summed E-state index contributed by atoms with van der Waals surface area (Å²) in [6, 6.07) is 42.8. The van der Waals surface area contributed by atoms with Crippen molar-refractivity contribution in [2.24, 2.45) is 0 Å². The molecule has 2 atom stereocenters. The van der Waals surface area contributed by atoms with Crippen LogP contribution < -0.4 is 20.4 Å². The zero-order valence-electron chi connectivity index (χ0n) is 26.1. The number of rotatable bonds is 9. The van der Waals surface area contributed by atoms with Crippen LogP contribution in [0.4, 0.5) is 23.0 Å². The van der Waals surface area contributed by atoms with Crippen molar-refractivity contribution in [3.05, 3.63) is 132 Å². The summed E-state index contributed by atoms with van der Waals surface area (Å²) in [6.07, 6.45) is 4.91. The van der Waals surface area contributed by atoms with Crippen LogP contribution in [0.25, 0.3) is 21.8 Å². The molecule has 6 aromatic rings. The highest BCUT2D eigenvalue weighted by atomic mass is 15.2. The summed E-state index contributed by atoms with van der Waals surface area (Å²) >= 11 is 0. The van der Waals surface area contributed by atoms with Gasteiger partial charge in [0.2, 0.25) is 0 Å². The maximum absolute atomic E-state index is 5.18. The van der Waals surface area contributed by atoms with Gasteiger partial charge in [-0.3, -0.25) is 0 Å². The molecule has 2 aromatic heterocycles. The van der Waals surface area contributed by atoms with Crippen molar-refractivity contribution < 1.29 is 0 Å². The second-order valence-electron chi connectivity index (χ2n) is 12.5. The van der Waals surface area contributed by atoms with Crippen molar-refractivity contribution in [3.8, 4) is 0 Å². The average Bonchev–Trinajstić information content (AvgIpc) is 3.86. The standard InChI is InChI=1S/C40H40N6/c1-3-15-29(16-4-1)39(43-37-27-35(45-23-11-12-24-45)31-19-7-9-21-33(31)41-37)40(30-17-5-2-6-18-30)44-38-28-36(46-25-13-14-26-46)32-20-8-10-22-34(32)42-38/h1-10,15-22,27-28,39-40H,11-14,23-26H2,(H,41,43)(H,42,44). The number of fused-ring (bicyclic) bond motifs is 2. The predicted octanol–water partition coefficient (Wildman–Crippen LogP) is 8.99. The summed E-state index contributed by atoms with van der Waals surface area (Å²) in [5.74, 6) is 1.75. The van der Waals surface area contributed by atoms with Crippen LogP contribution >= 0.6 is 0 Å². The first-order chi connectivity index (χ1) is 22.8. The molecule has 2 saturated heterocycles. The van der Waals surface area contributed by atoms with Crippen LogP contribution in [0.5, 0.6) is 0 Å². The number of nitrogens with one attached hydrogen (secondary N) is 2. The van der Waals surface area contributed by atoms with E-state index in [-0.39, 0.29) is 12.1 Å². The van der Waals surface area contributed by atoms with E-state index < -0.39 is 0 Å². The Hall–Kier alpha value is -5.10. The van der Waals surface area contributed by atoms with Gasteiger partial charge in [0.15, 0.2) is 0 Å². The molecule has 2 fully saturated rings. The normalized spacial score (nSPS) is 16.2. The molecule has 0 spiro atoms. The van der Waals surface area contributed by atoms with Gasteiger partial charge in [-0.05, 0) is 48.9 Å². The molecule has 2 aliphatic rings. The van der Waals surface area contributed by atoms with Gasteiger partial charge in [0.1, 0.15) is 11.6 Å². The molecule has 2 unspecified atom stereocenters. The number of pyridine rings is 2. The molecule has 8 rings (SSSR count). The fourth-order valence-electron chi connectivity index (χ4n) is 7.26. The fourth-order valence-corrected chi connectivity index (χ4v) is 7.26. The first kappa shape index (κ1) is 28.4. The Morgan fingerprint density at radius 3 is 1.24 bits per heavy atom. The first-order valence-corrected chi connectivity index (χ1v) is 16.7. The van der Waals surface area contributed by atoms with Gasteiger partial charge in [0.05, 0.1) is 23.1 Å². The summed E-state index contributed by atoms with van der Waals surface area (Å²) in [5.41, 5.74) is 6.90. The van der Waals surface area contributed by atoms with Gasteiger partial charge in [-0.25, -0.2) is 9.97 Å². The molecular weight excluding hydrogens is 564 g/mol. The number of anilines is 4. The zero-order valence-corrected chi connectivity index (χ0v) is 26.1. The Bertz CT molecular complexity index is 1790. The lowest BCUT2D eigenvalue weighted by Crippen LogP contribution is -2.27. The number of para-hydroxylation sites is 2. The van der Waals surface area contributed by atoms with Crippen LogP contribution in [0.1, 0.15) is 48.9 Å². The Balaban J connectivity index is 1.24. The molecule has 2 aliphatic heterocycles. The third-order valence-electron chi connectivity index (χ3n) is 9.54. The van der Waals surface area contributed by atoms with Crippen molar-refractivity contribution in [1.29, 1.82) is 0 Å². The van der Waals surface area contributed by atoms with Crippen molar-refractivity contribution in [1.82, 2.24) is 9.97 Å². The minimum atomic E-state index is -0.132. The molecule has 0 aliphatic carbocycles. The van der Waals surface area contributed by atoms with Gasteiger partial charge in [-0.15, -0.1) is 0 Å². The lowest BCUT2D eigenvalue weighted by atomic mass is 9.93. The van der Waals surface area contributed by atoms with Gasteiger partial charge in [-0.1, -0.05) is 97.1 Å². The smallest absolute Gasteiger partial charge is 0.129 e. The quantitative estimate of drug-likeness (QED) is 0.172. The summed E-state index contributed by atoms with van der Waals surface area (Å²) in [5, 5.41) is 10.3. The largest absolute Gasteiger partial charge is 0.371 e. The van der Waals surface area contributed by atoms with Gasteiger partial charge in [-0.2, -0.15) is 0 Å². The molecular formula is C40H40N6. The predicted molar refractivity (Wildman–Crippen MR) is 192 cm³/mol. The number of hydrogen-bond donors (Lipinski definition) is 2. The van der Waals surface area contributed by atoms with E-state index in [1.807, 2.05) is 0 Å². The highest BCUT2D eigenvalue weighted by Crippen LogP contribution is 2.39. The van der Waals surface area contributed by atoms with Gasteiger partial charge >= 0.3 is 0 Å². The minimum Gasteiger partial charge on any atom is -0.371 e. The molecule has 2 N–H and O–H groups in total. The van der Waals surface area contributed by atoms with Crippen LogP contribution in [-0.4, -0.2) is 36.1 Å². The molecule has 4 aromatic carbocycles. The third-order valence-corrected chi connectivity index (χ3v) is 9.54. The molecule has 4 heterocycles. The van der Waals surface area contributed by atoms with Gasteiger partial charge in [0.25, 0.3) is 0 Å². The van der Waals surface area contributed by atoms with Crippen molar-refractivity contribution in [2.75, 3.05) is 46.6 Å². The highest BCUT2D eigenvalue weighted by Gasteiger charge is 2.28. The van der Waals surface area contributed by atoms with Crippen molar-refractivity contribution >= 4 is 44.8 Å². The fraction of sp³-hybridized carbons (Fsp3) is 0.250. The van der Waals surface area contributed by atoms with E-state index in [9.17, 15) is 0 Å². The maximum atomic E-state index is 5.18. The lowest BCUT2D eigenvalue weighted by molar-refractivity contribution is 0.645. The Morgan fingerprint density at radius 1 is 0.457 bits per heavy atom. The molecule has 0 amide bonds. The maximum Gasteiger partial charge on any atom is 0.129 e. The van der Waals surface area contributed by atoms with E-state index in [0.717, 1.165) is 48.8 Å². The highest BCUT2D eigenvalue weighted by molar-refractivity contribution is 5.94. The van der Waals surface area contributed by atoms with Crippen LogP contribution in [0.15, 0.2) is 121 Å². The van der Waals surface area contributed by atoms with E-state index in [0.29, 0.717) is 0 Å². The third kappa shape index (κ3) is 5.71. The van der Waals surface area contributed by atoms with Crippen molar-refractivity contribution in [3.63, 3.8) is 0 Å². The summed E-state index contributed by atoms with van der Waals surface area (Å²) in [7, 11) is 0. The van der Waals surface area contributed by atoms with Crippen molar-refractivity contribution in [2.45, 2.75) is 37.8 Å². The van der Waals surface area contributed by atoms with Crippen LogP contribution in [0, 0.1) is 0 Å². The molecule has 0 saturated carbocycles. The van der Waals surface area contributed by atoms with Crippen LogP contribution in [-0.2, 0) is 0 Å². The number of aromatic nitrogens is 2. The minimum absolute atomic E-state index is 0.132. The van der Waals surface area contributed by atoms with E-state index in [1.165, 1.54) is 59.0 Å². The second kappa shape index (κ2) is 12.7. The number of hydrogen-bond acceptors (Lipinski definition) is 6. The van der Waals surface area contributed by atoms with E-state index in [1.54, 1.807) is 0 Å². The summed E-state index contributed by atoms with van der Waals surface area (Å²) < 4.78 is 0. The monoisotopic (exact) mass is 604 g/mol.